The predicted molar refractivity (Wildman–Crippen MR) is 52.6 cm³/mol. The molecule has 1 aromatic heterocycles. The van der Waals surface area contributed by atoms with Crippen molar-refractivity contribution in [2.75, 3.05) is 12.3 Å². The molecule has 0 aliphatic rings. The van der Waals surface area contributed by atoms with E-state index in [1.54, 1.807) is 12.4 Å². The normalized spacial score (nSPS) is 9.62. The summed E-state index contributed by atoms with van der Waals surface area (Å²) in [5, 5.41) is 2.71. The molecule has 70 valence electrons. The number of nitrogens with zero attached hydrogens (tertiary/aromatic N) is 2. The van der Waals surface area contributed by atoms with E-state index in [1.807, 2.05) is 0 Å². The zero-order chi connectivity index (χ0) is 9.52. The predicted octanol–water partition coefficient (Wildman–Crippen LogP) is 0.0651. The summed E-state index contributed by atoms with van der Waals surface area (Å²) in [6.07, 6.45) is 5.03. The fraction of sp³-hybridized carbons (Fsp3) is 0.375. The second kappa shape index (κ2) is 5.53. The molecule has 1 N–H and O–H groups in total. The molecule has 0 spiro atoms. The smallest absolute Gasteiger partial charge is 0.224 e. The first-order valence-corrected chi connectivity index (χ1v) is 4.57. The van der Waals surface area contributed by atoms with Crippen LogP contribution in [-0.2, 0) is 11.2 Å². The first-order valence-electron chi connectivity index (χ1n) is 3.94. The van der Waals surface area contributed by atoms with Crippen LogP contribution in [0.1, 0.15) is 5.56 Å². The first-order chi connectivity index (χ1) is 6.33. The van der Waals surface area contributed by atoms with Gasteiger partial charge in [0.2, 0.25) is 5.91 Å². The Morgan fingerprint density at radius 2 is 2.15 bits per heavy atom. The van der Waals surface area contributed by atoms with Gasteiger partial charge in [-0.1, -0.05) is 0 Å². The van der Waals surface area contributed by atoms with Gasteiger partial charge in [0.1, 0.15) is 6.33 Å². The number of rotatable bonds is 4. The Kier molecular flexibility index (Phi) is 4.25. The van der Waals surface area contributed by atoms with Gasteiger partial charge in [0.25, 0.3) is 0 Å². The molecule has 0 aromatic carbocycles. The topological polar surface area (TPSA) is 54.9 Å². The minimum Gasteiger partial charge on any atom is -0.355 e. The number of carbonyl (C=O) groups excluding carboxylic acids is 1. The molecule has 0 aliphatic heterocycles. The highest BCUT2D eigenvalue weighted by Gasteiger charge is 2.01. The van der Waals surface area contributed by atoms with E-state index in [-0.39, 0.29) is 5.91 Å². The lowest BCUT2D eigenvalue weighted by Crippen LogP contribution is -2.26. The van der Waals surface area contributed by atoms with Crippen molar-refractivity contribution in [3.05, 3.63) is 24.3 Å². The van der Waals surface area contributed by atoms with Crippen molar-refractivity contribution >= 4 is 18.5 Å². The minimum absolute atomic E-state index is 0.0242. The van der Waals surface area contributed by atoms with Crippen molar-refractivity contribution in [1.82, 2.24) is 15.3 Å². The van der Waals surface area contributed by atoms with Crippen molar-refractivity contribution in [1.29, 1.82) is 0 Å². The molecule has 0 saturated heterocycles. The third kappa shape index (κ3) is 3.89. The molecule has 1 aromatic rings. The van der Waals surface area contributed by atoms with E-state index in [9.17, 15) is 4.79 Å². The number of amides is 1. The molecular formula is C8H11N3OS. The van der Waals surface area contributed by atoms with Crippen LogP contribution in [0.15, 0.2) is 18.7 Å². The summed E-state index contributed by atoms with van der Waals surface area (Å²) in [5.74, 6) is 0.626. The van der Waals surface area contributed by atoms with Gasteiger partial charge < -0.3 is 5.32 Å². The molecule has 1 rings (SSSR count). The number of thiol groups is 1. The monoisotopic (exact) mass is 197 g/mol. The van der Waals surface area contributed by atoms with Crippen molar-refractivity contribution < 1.29 is 4.79 Å². The Balaban J connectivity index is 2.37. The molecule has 0 radical (unpaired) electrons. The Morgan fingerprint density at radius 3 is 2.77 bits per heavy atom. The highest BCUT2D eigenvalue weighted by atomic mass is 32.1. The maximum atomic E-state index is 11.2. The second-order valence-electron chi connectivity index (χ2n) is 2.50. The SMILES string of the molecule is O=C(Cc1cncnc1)NCCS. The molecule has 13 heavy (non-hydrogen) atoms. The van der Waals surface area contributed by atoms with Crippen molar-refractivity contribution in [2.45, 2.75) is 6.42 Å². The van der Waals surface area contributed by atoms with Gasteiger partial charge in [-0.3, -0.25) is 4.79 Å². The van der Waals surface area contributed by atoms with Gasteiger partial charge >= 0.3 is 0 Å². The summed E-state index contributed by atoms with van der Waals surface area (Å²) in [5.41, 5.74) is 0.819. The van der Waals surface area contributed by atoms with Crippen LogP contribution in [-0.4, -0.2) is 28.2 Å². The lowest BCUT2D eigenvalue weighted by molar-refractivity contribution is -0.120. The summed E-state index contributed by atoms with van der Waals surface area (Å²) >= 11 is 3.98. The molecule has 0 fully saturated rings. The standard InChI is InChI=1S/C8H11N3OS/c12-8(11-1-2-13)3-7-4-9-6-10-5-7/h4-6,13H,1-3H2,(H,11,12). The molecule has 1 heterocycles. The summed E-state index contributed by atoms with van der Waals surface area (Å²) < 4.78 is 0. The van der Waals surface area contributed by atoms with E-state index < -0.39 is 0 Å². The van der Waals surface area contributed by atoms with Gasteiger partial charge in [0.05, 0.1) is 6.42 Å². The number of hydrogen-bond donors (Lipinski definition) is 2. The molecule has 5 heteroatoms. The van der Waals surface area contributed by atoms with Crippen molar-refractivity contribution in [3.63, 3.8) is 0 Å². The zero-order valence-electron chi connectivity index (χ0n) is 7.10. The summed E-state index contributed by atoms with van der Waals surface area (Å²) in [6.45, 7) is 0.593. The van der Waals surface area contributed by atoms with Crippen molar-refractivity contribution in [3.8, 4) is 0 Å². The lowest BCUT2D eigenvalue weighted by atomic mass is 10.2. The number of hydrogen-bond acceptors (Lipinski definition) is 4. The summed E-state index contributed by atoms with van der Waals surface area (Å²) in [6, 6.07) is 0. The van der Waals surface area contributed by atoms with Crippen LogP contribution >= 0.6 is 12.6 Å². The second-order valence-corrected chi connectivity index (χ2v) is 2.94. The average Bonchev–Trinajstić information content (AvgIpc) is 2.16. The quantitative estimate of drug-likeness (QED) is 0.671. The van der Waals surface area contributed by atoms with E-state index >= 15 is 0 Å². The molecule has 0 atom stereocenters. The number of nitrogens with one attached hydrogen (secondary N) is 1. The highest BCUT2D eigenvalue weighted by molar-refractivity contribution is 7.80. The van der Waals surface area contributed by atoms with Gasteiger partial charge in [0.15, 0.2) is 0 Å². The molecule has 1 amide bonds. The zero-order valence-corrected chi connectivity index (χ0v) is 8.00. The Bertz CT molecular complexity index is 265. The van der Waals surface area contributed by atoms with Gasteiger partial charge in [-0.05, 0) is 5.56 Å². The third-order valence-corrected chi connectivity index (χ3v) is 1.64. The fourth-order valence-electron chi connectivity index (χ4n) is 0.864. The van der Waals surface area contributed by atoms with Crippen LogP contribution < -0.4 is 5.32 Å². The maximum absolute atomic E-state index is 11.2. The molecule has 0 aliphatic carbocycles. The third-order valence-electron chi connectivity index (χ3n) is 1.41. The summed E-state index contributed by atoms with van der Waals surface area (Å²) in [7, 11) is 0. The Labute approximate surface area is 82.2 Å². The highest BCUT2D eigenvalue weighted by Crippen LogP contribution is 1.93. The molecule has 0 saturated carbocycles. The fourth-order valence-corrected chi connectivity index (χ4v) is 0.976. The molecule has 0 unspecified atom stereocenters. The van der Waals surface area contributed by atoms with E-state index in [1.165, 1.54) is 6.33 Å². The van der Waals surface area contributed by atoms with Crippen LogP contribution in [0.5, 0.6) is 0 Å². The van der Waals surface area contributed by atoms with Gasteiger partial charge in [-0.2, -0.15) is 12.6 Å². The Morgan fingerprint density at radius 1 is 1.46 bits per heavy atom. The average molecular weight is 197 g/mol. The van der Waals surface area contributed by atoms with Gasteiger partial charge in [0, 0.05) is 24.7 Å². The summed E-state index contributed by atoms with van der Waals surface area (Å²) in [4.78, 5) is 18.8. The Hall–Kier alpha value is -1.10. The van der Waals surface area contributed by atoms with E-state index in [2.05, 4.69) is 27.9 Å². The van der Waals surface area contributed by atoms with E-state index in [0.717, 1.165) is 5.56 Å². The van der Waals surface area contributed by atoms with E-state index in [4.69, 9.17) is 0 Å². The van der Waals surface area contributed by atoms with Crippen LogP contribution in [0, 0.1) is 0 Å². The van der Waals surface area contributed by atoms with Gasteiger partial charge in [-0.25, -0.2) is 9.97 Å². The van der Waals surface area contributed by atoms with E-state index in [0.29, 0.717) is 18.7 Å². The first kappa shape index (κ1) is 9.98. The maximum Gasteiger partial charge on any atom is 0.224 e. The molecular weight excluding hydrogens is 186 g/mol. The van der Waals surface area contributed by atoms with Crippen LogP contribution in [0.2, 0.25) is 0 Å². The number of aromatic nitrogens is 2. The molecule has 4 nitrogen and oxygen atoms in total. The van der Waals surface area contributed by atoms with Crippen LogP contribution in [0.4, 0.5) is 0 Å². The van der Waals surface area contributed by atoms with Gasteiger partial charge in [-0.15, -0.1) is 0 Å². The van der Waals surface area contributed by atoms with Crippen LogP contribution in [0.3, 0.4) is 0 Å². The minimum atomic E-state index is -0.0242. The van der Waals surface area contributed by atoms with Crippen molar-refractivity contribution in [2.24, 2.45) is 0 Å². The molecule has 0 bridgehead atoms. The number of carbonyl (C=O) groups is 1. The largest absolute Gasteiger partial charge is 0.355 e. The van der Waals surface area contributed by atoms with Crippen LogP contribution in [0.25, 0.3) is 0 Å². The lowest BCUT2D eigenvalue weighted by Gasteiger charge is -2.01.